The highest BCUT2D eigenvalue weighted by atomic mass is 35.5. The molecule has 2 rings (SSSR count). The highest BCUT2D eigenvalue weighted by molar-refractivity contribution is 7.98. The van der Waals surface area contributed by atoms with Crippen LogP contribution in [0.5, 0.6) is 0 Å². The van der Waals surface area contributed by atoms with Crippen LogP contribution in [-0.4, -0.2) is 23.0 Å². The molecule has 0 N–H and O–H groups in total. The van der Waals surface area contributed by atoms with Crippen LogP contribution in [0.1, 0.15) is 21.9 Å². The lowest BCUT2D eigenvalue weighted by Gasteiger charge is -2.02. The maximum absolute atomic E-state index is 11.2. The van der Waals surface area contributed by atoms with Crippen LogP contribution in [-0.2, 0) is 16.2 Å². The van der Waals surface area contributed by atoms with Gasteiger partial charge in [0, 0.05) is 17.1 Å². The van der Waals surface area contributed by atoms with Gasteiger partial charge in [-0.3, -0.25) is 0 Å². The number of carbonyl (C=O) groups excluding carboxylic acids is 1. The summed E-state index contributed by atoms with van der Waals surface area (Å²) in [4.78, 5) is 19.1. The van der Waals surface area contributed by atoms with Crippen molar-refractivity contribution in [2.24, 2.45) is 0 Å². The molecule has 0 bridgehead atoms. The van der Waals surface area contributed by atoms with E-state index in [1.54, 1.807) is 11.8 Å². The van der Waals surface area contributed by atoms with Crippen molar-refractivity contribution in [1.29, 1.82) is 0 Å². The van der Waals surface area contributed by atoms with Gasteiger partial charge in [0.25, 0.3) is 0 Å². The van der Waals surface area contributed by atoms with Crippen LogP contribution in [0.15, 0.2) is 0 Å². The molecule has 0 aromatic carbocycles. The van der Waals surface area contributed by atoms with Gasteiger partial charge >= 0.3 is 5.97 Å². The molecule has 14 heavy (non-hydrogen) atoms. The van der Waals surface area contributed by atoms with E-state index in [0.29, 0.717) is 5.15 Å². The van der Waals surface area contributed by atoms with Gasteiger partial charge < -0.3 is 4.74 Å². The number of aromatic nitrogens is 2. The third-order valence-electron chi connectivity index (χ3n) is 1.90. The number of methoxy groups -OCH3 is 1. The zero-order valence-electron chi connectivity index (χ0n) is 7.41. The summed E-state index contributed by atoms with van der Waals surface area (Å²) in [7, 11) is 1.29. The molecular formula is C8H7ClN2O2S. The van der Waals surface area contributed by atoms with E-state index in [1.807, 2.05) is 0 Å². The molecule has 1 aliphatic rings. The zero-order valence-corrected chi connectivity index (χ0v) is 8.98. The number of halogens is 1. The van der Waals surface area contributed by atoms with E-state index in [9.17, 15) is 4.79 Å². The van der Waals surface area contributed by atoms with Crippen molar-refractivity contribution in [3.05, 3.63) is 22.2 Å². The van der Waals surface area contributed by atoms with E-state index in [4.69, 9.17) is 11.6 Å². The molecule has 0 saturated carbocycles. The maximum Gasteiger partial charge on any atom is 0.376 e. The first-order chi connectivity index (χ1) is 6.72. The monoisotopic (exact) mass is 230 g/mol. The van der Waals surface area contributed by atoms with Crippen molar-refractivity contribution in [2.45, 2.75) is 11.5 Å². The molecule has 1 aromatic rings. The molecule has 0 fully saturated rings. The first-order valence-electron chi connectivity index (χ1n) is 3.93. The summed E-state index contributed by atoms with van der Waals surface area (Å²) in [6.45, 7) is 0. The topological polar surface area (TPSA) is 52.1 Å². The minimum atomic E-state index is -0.549. The van der Waals surface area contributed by atoms with Crippen LogP contribution in [0, 0.1) is 0 Å². The molecule has 0 saturated heterocycles. The highest BCUT2D eigenvalue weighted by Gasteiger charge is 2.21. The third-order valence-corrected chi connectivity index (χ3v) is 3.18. The molecule has 0 aliphatic carbocycles. The summed E-state index contributed by atoms with van der Waals surface area (Å²) in [6.07, 6.45) is 0. The van der Waals surface area contributed by atoms with Gasteiger partial charge in [-0.2, -0.15) is 11.8 Å². The number of fused-ring (bicyclic) bond motifs is 1. The molecule has 0 amide bonds. The van der Waals surface area contributed by atoms with Crippen LogP contribution in [0.2, 0.25) is 5.15 Å². The SMILES string of the molecule is COC(=O)c1nc(Cl)c2c(n1)CSC2. The molecule has 6 heteroatoms. The number of hydrogen-bond acceptors (Lipinski definition) is 5. The molecule has 1 aliphatic heterocycles. The van der Waals surface area contributed by atoms with Crippen LogP contribution in [0.3, 0.4) is 0 Å². The van der Waals surface area contributed by atoms with Crippen LogP contribution in [0.25, 0.3) is 0 Å². The molecule has 0 unspecified atom stereocenters. The van der Waals surface area contributed by atoms with E-state index >= 15 is 0 Å². The van der Waals surface area contributed by atoms with Gasteiger partial charge in [0.1, 0.15) is 5.15 Å². The van der Waals surface area contributed by atoms with Crippen LogP contribution >= 0.6 is 23.4 Å². The number of nitrogens with zero attached hydrogens (tertiary/aromatic N) is 2. The molecule has 0 atom stereocenters. The van der Waals surface area contributed by atoms with Crippen LogP contribution < -0.4 is 0 Å². The second-order valence-corrected chi connectivity index (χ2v) is 4.09. The summed E-state index contributed by atoms with van der Waals surface area (Å²) in [6, 6.07) is 0. The molecular weight excluding hydrogens is 224 g/mol. The zero-order chi connectivity index (χ0) is 10.1. The van der Waals surface area contributed by atoms with Crippen molar-refractivity contribution < 1.29 is 9.53 Å². The number of thioether (sulfide) groups is 1. The Labute approximate surface area is 90.0 Å². The molecule has 74 valence electrons. The lowest BCUT2D eigenvalue weighted by atomic mass is 10.3. The van der Waals surface area contributed by atoms with Crippen molar-refractivity contribution in [3.8, 4) is 0 Å². The van der Waals surface area contributed by atoms with Crippen LogP contribution in [0.4, 0.5) is 0 Å². The summed E-state index contributed by atoms with van der Waals surface area (Å²) in [5.41, 5.74) is 1.78. The van der Waals surface area contributed by atoms with Crippen molar-refractivity contribution in [3.63, 3.8) is 0 Å². The van der Waals surface area contributed by atoms with Gasteiger partial charge in [-0.1, -0.05) is 11.6 Å². The first kappa shape index (κ1) is 9.73. The predicted octanol–water partition coefficient (Wildman–Crippen LogP) is 1.66. The second kappa shape index (κ2) is 3.74. The quantitative estimate of drug-likeness (QED) is 0.543. The van der Waals surface area contributed by atoms with Gasteiger partial charge in [0.15, 0.2) is 0 Å². The lowest BCUT2D eigenvalue weighted by Crippen LogP contribution is -2.09. The Bertz CT molecular complexity index is 397. The summed E-state index contributed by atoms with van der Waals surface area (Å²) >= 11 is 7.61. The molecule has 4 nitrogen and oxygen atoms in total. The van der Waals surface area contributed by atoms with Gasteiger partial charge in [-0.05, 0) is 0 Å². The van der Waals surface area contributed by atoms with Gasteiger partial charge in [-0.25, -0.2) is 14.8 Å². The number of hydrogen-bond donors (Lipinski definition) is 0. The molecule has 2 heterocycles. The Balaban J connectivity index is 2.46. The summed E-state index contributed by atoms with van der Waals surface area (Å²) < 4.78 is 4.52. The largest absolute Gasteiger partial charge is 0.463 e. The van der Waals surface area contributed by atoms with Gasteiger partial charge in [-0.15, -0.1) is 0 Å². The standard InChI is InChI=1S/C8H7ClN2O2S/c1-13-8(12)7-10-5-3-14-2-4(5)6(9)11-7/h2-3H2,1H3. The maximum atomic E-state index is 11.2. The van der Waals surface area contributed by atoms with Gasteiger partial charge in [0.2, 0.25) is 5.82 Å². The van der Waals surface area contributed by atoms with Crippen molar-refractivity contribution in [2.75, 3.05) is 7.11 Å². The fourth-order valence-corrected chi connectivity index (χ4v) is 2.57. The molecule has 0 spiro atoms. The Morgan fingerprint density at radius 1 is 1.50 bits per heavy atom. The van der Waals surface area contributed by atoms with E-state index in [-0.39, 0.29) is 5.82 Å². The van der Waals surface area contributed by atoms with Crippen molar-refractivity contribution in [1.82, 2.24) is 9.97 Å². The number of carbonyl (C=O) groups is 1. The average Bonchev–Trinajstić information content (AvgIpc) is 2.64. The number of esters is 1. The highest BCUT2D eigenvalue weighted by Crippen LogP contribution is 2.32. The van der Waals surface area contributed by atoms with Gasteiger partial charge in [0.05, 0.1) is 12.8 Å². The Kier molecular flexibility index (Phi) is 2.60. The Morgan fingerprint density at radius 2 is 2.29 bits per heavy atom. The molecule has 0 radical (unpaired) electrons. The smallest absolute Gasteiger partial charge is 0.376 e. The minimum Gasteiger partial charge on any atom is -0.463 e. The third kappa shape index (κ3) is 1.57. The van der Waals surface area contributed by atoms with E-state index in [0.717, 1.165) is 22.8 Å². The number of rotatable bonds is 1. The molecule has 1 aromatic heterocycles. The fourth-order valence-electron chi connectivity index (χ4n) is 1.19. The average molecular weight is 231 g/mol. The summed E-state index contributed by atoms with van der Waals surface area (Å²) in [5, 5.41) is 0.361. The lowest BCUT2D eigenvalue weighted by molar-refractivity contribution is 0.0586. The summed E-state index contributed by atoms with van der Waals surface area (Å²) in [5.74, 6) is 1.09. The second-order valence-electron chi connectivity index (χ2n) is 2.75. The van der Waals surface area contributed by atoms with E-state index < -0.39 is 5.97 Å². The number of ether oxygens (including phenoxy) is 1. The Hall–Kier alpha value is -0.810. The van der Waals surface area contributed by atoms with E-state index in [1.165, 1.54) is 7.11 Å². The Morgan fingerprint density at radius 3 is 3.00 bits per heavy atom. The fraction of sp³-hybridized carbons (Fsp3) is 0.375. The first-order valence-corrected chi connectivity index (χ1v) is 5.47. The normalized spacial score (nSPS) is 13.9. The minimum absolute atomic E-state index is 0.0405. The predicted molar refractivity (Wildman–Crippen MR) is 53.4 cm³/mol. The van der Waals surface area contributed by atoms with E-state index in [2.05, 4.69) is 14.7 Å². The van der Waals surface area contributed by atoms with Crippen molar-refractivity contribution >= 4 is 29.3 Å².